The number of hydrogen-bond donors (Lipinski definition) is 1. The first kappa shape index (κ1) is 13.1. The highest BCUT2D eigenvalue weighted by molar-refractivity contribution is 5.33. The van der Waals surface area contributed by atoms with Crippen molar-refractivity contribution in [3.8, 4) is 11.8 Å². The van der Waals surface area contributed by atoms with E-state index in [4.69, 9.17) is 9.47 Å². The van der Waals surface area contributed by atoms with Crippen molar-refractivity contribution < 1.29 is 9.47 Å². The van der Waals surface area contributed by atoms with Crippen molar-refractivity contribution in [3.63, 3.8) is 0 Å². The average molecular weight is 263 g/mol. The molecule has 19 heavy (non-hydrogen) atoms. The van der Waals surface area contributed by atoms with E-state index in [0.29, 0.717) is 17.7 Å². The van der Waals surface area contributed by atoms with Crippen LogP contribution in [0.25, 0.3) is 0 Å². The Bertz CT molecular complexity index is 479. The van der Waals surface area contributed by atoms with Crippen molar-refractivity contribution in [1.82, 2.24) is 19.7 Å². The number of hydrogen-bond acceptors (Lipinski definition) is 6. The van der Waals surface area contributed by atoms with Gasteiger partial charge in [-0.1, -0.05) is 0 Å². The lowest BCUT2D eigenvalue weighted by Crippen LogP contribution is -2.10. The van der Waals surface area contributed by atoms with Crippen LogP contribution in [0.5, 0.6) is 11.8 Å². The molecule has 0 atom stereocenters. The van der Waals surface area contributed by atoms with Crippen molar-refractivity contribution in [1.29, 1.82) is 0 Å². The average Bonchev–Trinajstić information content (AvgIpc) is 2.96. The number of methoxy groups -OCH3 is 2. The van der Waals surface area contributed by atoms with E-state index in [0.717, 1.165) is 19.5 Å². The fourth-order valence-electron chi connectivity index (χ4n) is 1.57. The molecule has 0 saturated carbocycles. The summed E-state index contributed by atoms with van der Waals surface area (Å²) in [5.41, 5.74) is 0. The van der Waals surface area contributed by atoms with Crippen molar-refractivity contribution in [3.05, 3.63) is 24.5 Å². The zero-order valence-corrected chi connectivity index (χ0v) is 11.0. The third-order valence-electron chi connectivity index (χ3n) is 2.50. The number of nitrogens with zero attached hydrogens (tertiary/aromatic N) is 4. The summed E-state index contributed by atoms with van der Waals surface area (Å²) in [6, 6.07) is 3.54. The molecule has 0 unspecified atom stereocenters. The standard InChI is InChI=1S/C12H17N5O2/c1-18-10-9-11(19-2)16-12(15-10)13-5-3-7-17-8-4-6-14-17/h4,6,8-9H,3,5,7H2,1-2H3,(H,13,15,16). The summed E-state index contributed by atoms with van der Waals surface area (Å²) in [5.74, 6) is 1.44. The van der Waals surface area contributed by atoms with Crippen molar-refractivity contribution in [2.45, 2.75) is 13.0 Å². The maximum absolute atomic E-state index is 5.08. The molecule has 0 radical (unpaired) electrons. The van der Waals surface area contributed by atoms with Gasteiger partial charge < -0.3 is 14.8 Å². The minimum absolute atomic E-state index is 0.474. The number of rotatable bonds is 7. The number of aromatic nitrogens is 4. The van der Waals surface area contributed by atoms with Gasteiger partial charge in [-0.15, -0.1) is 0 Å². The zero-order chi connectivity index (χ0) is 13.5. The molecule has 0 bridgehead atoms. The van der Waals surface area contributed by atoms with E-state index in [1.807, 2.05) is 16.9 Å². The SMILES string of the molecule is COc1cc(OC)nc(NCCCn2cccn2)n1. The monoisotopic (exact) mass is 263 g/mol. The van der Waals surface area contributed by atoms with Crippen LogP contribution in [-0.2, 0) is 6.54 Å². The molecule has 0 aliphatic heterocycles. The van der Waals surface area contributed by atoms with Crippen LogP contribution in [0.1, 0.15) is 6.42 Å². The maximum atomic E-state index is 5.08. The van der Waals surface area contributed by atoms with Crippen LogP contribution < -0.4 is 14.8 Å². The summed E-state index contributed by atoms with van der Waals surface area (Å²) < 4.78 is 12.0. The summed E-state index contributed by atoms with van der Waals surface area (Å²) in [6.45, 7) is 1.59. The Balaban J connectivity index is 1.84. The molecule has 0 saturated heterocycles. The Morgan fingerprint density at radius 1 is 1.21 bits per heavy atom. The van der Waals surface area contributed by atoms with E-state index in [2.05, 4.69) is 20.4 Å². The van der Waals surface area contributed by atoms with Crippen molar-refractivity contribution in [2.24, 2.45) is 0 Å². The molecule has 102 valence electrons. The van der Waals surface area contributed by atoms with Crippen LogP contribution in [0.3, 0.4) is 0 Å². The fraction of sp³-hybridized carbons (Fsp3) is 0.417. The van der Waals surface area contributed by atoms with Crippen LogP contribution in [-0.4, -0.2) is 40.5 Å². The molecule has 2 aromatic rings. The highest BCUT2D eigenvalue weighted by atomic mass is 16.5. The first-order chi connectivity index (χ1) is 9.31. The molecule has 1 N–H and O–H groups in total. The van der Waals surface area contributed by atoms with Crippen LogP contribution >= 0.6 is 0 Å². The molecule has 0 aromatic carbocycles. The van der Waals surface area contributed by atoms with Gasteiger partial charge in [0.15, 0.2) is 0 Å². The Morgan fingerprint density at radius 2 is 1.95 bits per heavy atom. The van der Waals surface area contributed by atoms with E-state index in [1.54, 1.807) is 26.5 Å². The third-order valence-corrected chi connectivity index (χ3v) is 2.50. The highest BCUT2D eigenvalue weighted by Gasteiger charge is 2.04. The molecule has 2 rings (SSSR count). The number of anilines is 1. The molecule has 7 nitrogen and oxygen atoms in total. The Kier molecular flexibility index (Phi) is 4.54. The molecular weight excluding hydrogens is 246 g/mol. The van der Waals surface area contributed by atoms with Crippen molar-refractivity contribution in [2.75, 3.05) is 26.1 Å². The number of ether oxygens (including phenoxy) is 2. The lowest BCUT2D eigenvalue weighted by atomic mass is 10.4. The minimum atomic E-state index is 0.474. The Labute approximate surface area is 111 Å². The predicted molar refractivity (Wildman–Crippen MR) is 70.5 cm³/mol. The Hall–Kier alpha value is -2.31. The van der Waals surface area contributed by atoms with Gasteiger partial charge in [-0.2, -0.15) is 15.1 Å². The summed E-state index contributed by atoms with van der Waals surface area (Å²) in [5, 5.41) is 7.27. The quantitative estimate of drug-likeness (QED) is 0.756. The topological polar surface area (TPSA) is 74.1 Å². The van der Waals surface area contributed by atoms with Crippen LogP contribution in [0.15, 0.2) is 24.5 Å². The van der Waals surface area contributed by atoms with E-state index in [1.165, 1.54) is 0 Å². The summed E-state index contributed by atoms with van der Waals surface area (Å²) in [7, 11) is 3.12. The van der Waals surface area contributed by atoms with Gasteiger partial charge in [0.1, 0.15) is 0 Å². The van der Waals surface area contributed by atoms with Crippen LogP contribution in [0.4, 0.5) is 5.95 Å². The second kappa shape index (κ2) is 6.58. The maximum Gasteiger partial charge on any atom is 0.229 e. The predicted octanol–water partition coefficient (Wildman–Crippen LogP) is 1.19. The second-order valence-corrected chi connectivity index (χ2v) is 3.83. The van der Waals surface area contributed by atoms with Crippen LogP contribution in [0, 0.1) is 0 Å². The smallest absolute Gasteiger partial charge is 0.229 e. The number of aryl methyl sites for hydroxylation is 1. The minimum Gasteiger partial charge on any atom is -0.481 e. The second-order valence-electron chi connectivity index (χ2n) is 3.83. The normalized spacial score (nSPS) is 10.2. The molecule has 0 aliphatic rings. The summed E-state index contributed by atoms with van der Waals surface area (Å²) in [6.07, 6.45) is 4.62. The fourth-order valence-corrected chi connectivity index (χ4v) is 1.57. The molecule has 2 aromatic heterocycles. The van der Waals surface area contributed by atoms with Gasteiger partial charge in [0.25, 0.3) is 0 Å². The van der Waals surface area contributed by atoms with Gasteiger partial charge in [0.05, 0.1) is 20.3 Å². The van der Waals surface area contributed by atoms with Gasteiger partial charge in [-0.05, 0) is 12.5 Å². The molecule has 2 heterocycles. The number of nitrogens with one attached hydrogen (secondary N) is 1. The first-order valence-corrected chi connectivity index (χ1v) is 6.00. The largest absolute Gasteiger partial charge is 0.481 e. The van der Waals surface area contributed by atoms with Gasteiger partial charge in [-0.3, -0.25) is 4.68 Å². The lowest BCUT2D eigenvalue weighted by Gasteiger charge is -2.08. The lowest BCUT2D eigenvalue weighted by molar-refractivity contribution is 0.372. The van der Waals surface area contributed by atoms with Gasteiger partial charge in [0, 0.05) is 25.5 Å². The summed E-state index contributed by atoms with van der Waals surface area (Å²) >= 11 is 0. The van der Waals surface area contributed by atoms with Gasteiger partial charge >= 0.3 is 0 Å². The van der Waals surface area contributed by atoms with Gasteiger partial charge in [-0.25, -0.2) is 0 Å². The van der Waals surface area contributed by atoms with Crippen molar-refractivity contribution >= 4 is 5.95 Å². The van der Waals surface area contributed by atoms with Gasteiger partial charge in [0.2, 0.25) is 17.7 Å². The molecule has 7 heteroatoms. The first-order valence-electron chi connectivity index (χ1n) is 6.00. The Morgan fingerprint density at radius 3 is 2.53 bits per heavy atom. The van der Waals surface area contributed by atoms with E-state index in [-0.39, 0.29) is 0 Å². The molecule has 0 fully saturated rings. The van der Waals surface area contributed by atoms with E-state index >= 15 is 0 Å². The molecule has 0 spiro atoms. The summed E-state index contributed by atoms with van der Waals surface area (Å²) in [4.78, 5) is 8.38. The zero-order valence-electron chi connectivity index (χ0n) is 11.0. The van der Waals surface area contributed by atoms with Crippen LogP contribution in [0.2, 0.25) is 0 Å². The van der Waals surface area contributed by atoms with E-state index < -0.39 is 0 Å². The molecule has 0 amide bonds. The van der Waals surface area contributed by atoms with E-state index in [9.17, 15) is 0 Å². The third kappa shape index (κ3) is 3.84. The molecule has 0 aliphatic carbocycles. The molecular formula is C12H17N5O2. The highest BCUT2D eigenvalue weighted by Crippen LogP contribution is 2.17.